The molecular formula is C19H26O7. The summed E-state index contributed by atoms with van der Waals surface area (Å²) in [5, 5.41) is 11.0. The lowest BCUT2D eigenvalue weighted by Gasteiger charge is -2.54. The van der Waals surface area contributed by atoms with E-state index in [1.165, 1.54) is 20.8 Å². The van der Waals surface area contributed by atoms with Crippen molar-refractivity contribution < 1.29 is 33.7 Å². The van der Waals surface area contributed by atoms with E-state index in [-0.39, 0.29) is 24.7 Å². The molecule has 0 aromatic rings. The Morgan fingerprint density at radius 1 is 1.23 bits per heavy atom. The second kappa shape index (κ2) is 5.89. The Balaban J connectivity index is 2.22. The molecule has 3 aliphatic rings. The molecule has 0 aromatic heterocycles. The molecule has 26 heavy (non-hydrogen) atoms. The van der Waals surface area contributed by atoms with Crippen LogP contribution in [0.5, 0.6) is 0 Å². The van der Waals surface area contributed by atoms with Crippen LogP contribution >= 0.6 is 0 Å². The standard InChI is InChI=1S/C19H26O7/c1-10-6-7-13-17(4)9-24-16(26-12(3)21)15(25-11(2)20)19(10,13)8-14(22)18(17,5)23/h7,10,15-16,23H,6,8-9H2,1-5H3/t10-,15+,16+,17-,18+,19-/m1/s1. The number of hydrogen-bond acceptors (Lipinski definition) is 7. The lowest BCUT2D eigenvalue weighted by Crippen LogP contribution is -2.63. The second-order valence-electron chi connectivity index (χ2n) is 8.12. The van der Waals surface area contributed by atoms with E-state index in [4.69, 9.17) is 14.2 Å². The van der Waals surface area contributed by atoms with Crippen LogP contribution in [-0.4, -0.2) is 47.4 Å². The van der Waals surface area contributed by atoms with Crippen LogP contribution in [0.2, 0.25) is 0 Å². The van der Waals surface area contributed by atoms with Crippen LogP contribution in [-0.2, 0) is 28.6 Å². The van der Waals surface area contributed by atoms with Gasteiger partial charge in [-0.3, -0.25) is 14.4 Å². The Morgan fingerprint density at radius 2 is 1.85 bits per heavy atom. The number of hydrogen-bond donors (Lipinski definition) is 1. The predicted molar refractivity (Wildman–Crippen MR) is 89.7 cm³/mol. The Kier molecular flexibility index (Phi) is 4.31. The summed E-state index contributed by atoms with van der Waals surface area (Å²) in [7, 11) is 0. The van der Waals surface area contributed by atoms with Gasteiger partial charge >= 0.3 is 11.9 Å². The molecule has 7 heteroatoms. The maximum atomic E-state index is 12.9. The van der Waals surface area contributed by atoms with Crippen molar-refractivity contribution in [1.82, 2.24) is 0 Å². The Morgan fingerprint density at radius 3 is 2.42 bits per heavy atom. The van der Waals surface area contributed by atoms with Crippen molar-refractivity contribution >= 4 is 17.7 Å². The number of Topliss-reactive ketones (excluding diaryl/α,β-unsaturated/α-hetero) is 1. The molecule has 1 N–H and O–H groups in total. The minimum Gasteiger partial charge on any atom is -0.455 e. The van der Waals surface area contributed by atoms with Crippen LogP contribution in [0.4, 0.5) is 0 Å². The Bertz CT molecular complexity index is 694. The number of carbonyl (C=O) groups excluding carboxylic acids is 3. The van der Waals surface area contributed by atoms with E-state index >= 15 is 0 Å². The molecule has 1 saturated heterocycles. The SMILES string of the molecule is CC(=O)O[C@@H]1OC[C@]2(C)C3=CC[C@@H](C)[C@@]3(CC(=O)[C@]2(C)O)[C@H]1OC(C)=O. The highest BCUT2D eigenvalue weighted by atomic mass is 16.7. The fourth-order valence-corrected chi connectivity index (χ4v) is 4.91. The molecule has 0 amide bonds. The zero-order valence-electron chi connectivity index (χ0n) is 15.8. The lowest BCUT2D eigenvalue weighted by molar-refractivity contribution is -0.226. The van der Waals surface area contributed by atoms with Gasteiger partial charge in [0, 0.05) is 31.1 Å². The minimum absolute atomic E-state index is 0.00165. The molecule has 6 atom stereocenters. The molecule has 1 saturated carbocycles. The summed E-state index contributed by atoms with van der Waals surface area (Å²) < 4.78 is 16.8. The molecule has 0 radical (unpaired) electrons. The summed E-state index contributed by atoms with van der Waals surface area (Å²) in [5.41, 5.74) is -2.64. The van der Waals surface area contributed by atoms with Gasteiger partial charge in [0.1, 0.15) is 5.60 Å². The average molecular weight is 366 g/mol. The predicted octanol–water partition coefficient (Wildman–Crippen LogP) is 1.52. The second-order valence-corrected chi connectivity index (χ2v) is 8.12. The summed E-state index contributed by atoms with van der Waals surface area (Å²) in [4.78, 5) is 36.4. The molecule has 0 spiro atoms. The first kappa shape index (κ1) is 19.0. The van der Waals surface area contributed by atoms with Crippen LogP contribution in [0.3, 0.4) is 0 Å². The Labute approximate surface area is 152 Å². The van der Waals surface area contributed by atoms with Crippen molar-refractivity contribution in [2.75, 3.05) is 6.61 Å². The average Bonchev–Trinajstić information content (AvgIpc) is 2.81. The van der Waals surface area contributed by atoms with Crippen molar-refractivity contribution in [3.8, 4) is 0 Å². The van der Waals surface area contributed by atoms with E-state index in [9.17, 15) is 19.5 Å². The topological polar surface area (TPSA) is 99.1 Å². The molecule has 1 aliphatic heterocycles. The zero-order valence-corrected chi connectivity index (χ0v) is 15.8. The first-order valence-corrected chi connectivity index (χ1v) is 8.89. The fraction of sp³-hybridized carbons (Fsp3) is 0.737. The van der Waals surface area contributed by atoms with Gasteiger partial charge < -0.3 is 19.3 Å². The van der Waals surface area contributed by atoms with Gasteiger partial charge in [0.2, 0.25) is 6.29 Å². The van der Waals surface area contributed by atoms with E-state index in [0.29, 0.717) is 6.42 Å². The highest BCUT2D eigenvalue weighted by molar-refractivity contribution is 5.91. The van der Waals surface area contributed by atoms with E-state index in [1.54, 1.807) is 6.92 Å². The molecule has 0 aromatic carbocycles. The van der Waals surface area contributed by atoms with Crippen molar-refractivity contribution in [2.24, 2.45) is 16.7 Å². The van der Waals surface area contributed by atoms with Crippen molar-refractivity contribution in [1.29, 1.82) is 0 Å². The van der Waals surface area contributed by atoms with Crippen LogP contribution in [0.15, 0.2) is 11.6 Å². The van der Waals surface area contributed by atoms with Crippen LogP contribution in [0.25, 0.3) is 0 Å². The molecule has 2 aliphatic carbocycles. The number of allylic oxidation sites excluding steroid dienone is 1. The number of ketones is 1. The Hall–Kier alpha value is -1.73. The quantitative estimate of drug-likeness (QED) is 0.584. The van der Waals surface area contributed by atoms with E-state index in [1.807, 2.05) is 13.0 Å². The van der Waals surface area contributed by atoms with Crippen molar-refractivity contribution in [3.05, 3.63) is 11.6 Å². The number of carbonyl (C=O) groups is 3. The highest BCUT2D eigenvalue weighted by Gasteiger charge is 2.70. The molecule has 7 nitrogen and oxygen atoms in total. The maximum absolute atomic E-state index is 12.9. The lowest BCUT2D eigenvalue weighted by atomic mass is 9.50. The fourth-order valence-electron chi connectivity index (χ4n) is 4.91. The molecule has 2 bridgehead atoms. The van der Waals surface area contributed by atoms with Gasteiger partial charge in [-0.25, -0.2) is 0 Å². The normalized spacial score (nSPS) is 44.6. The van der Waals surface area contributed by atoms with Gasteiger partial charge in [0.05, 0.1) is 6.61 Å². The monoisotopic (exact) mass is 366 g/mol. The summed E-state index contributed by atoms with van der Waals surface area (Å²) in [6.45, 7) is 7.75. The molecule has 0 unspecified atom stereocenters. The van der Waals surface area contributed by atoms with Crippen molar-refractivity contribution in [2.45, 2.75) is 65.5 Å². The third-order valence-electron chi connectivity index (χ3n) is 6.59. The maximum Gasteiger partial charge on any atom is 0.305 e. The molecular weight excluding hydrogens is 340 g/mol. The van der Waals surface area contributed by atoms with Gasteiger partial charge in [0.15, 0.2) is 11.9 Å². The largest absolute Gasteiger partial charge is 0.455 e. The highest BCUT2D eigenvalue weighted by Crippen LogP contribution is 2.65. The summed E-state index contributed by atoms with van der Waals surface area (Å²) >= 11 is 0. The zero-order chi connectivity index (χ0) is 19.5. The number of ether oxygens (including phenoxy) is 3. The molecule has 1 heterocycles. The smallest absolute Gasteiger partial charge is 0.305 e. The number of rotatable bonds is 2. The van der Waals surface area contributed by atoms with Gasteiger partial charge in [0.25, 0.3) is 0 Å². The van der Waals surface area contributed by atoms with Gasteiger partial charge in [-0.1, -0.05) is 25.5 Å². The van der Waals surface area contributed by atoms with Crippen LogP contribution in [0.1, 0.15) is 47.5 Å². The van der Waals surface area contributed by atoms with E-state index in [2.05, 4.69) is 0 Å². The third kappa shape index (κ3) is 2.36. The van der Waals surface area contributed by atoms with Crippen LogP contribution in [0, 0.1) is 16.7 Å². The van der Waals surface area contributed by atoms with Crippen LogP contribution < -0.4 is 0 Å². The summed E-state index contributed by atoms with van der Waals surface area (Å²) in [6, 6.07) is 0. The molecule has 144 valence electrons. The minimum atomic E-state index is -1.63. The first-order valence-electron chi connectivity index (χ1n) is 8.89. The first-order chi connectivity index (χ1) is 12.0. The van der Waals surface area contributed by atoms with Gasteiger partial charge in [-0.05, 0) is 19.3 Å². The van der Waals surface area contributed by atoms with Gasteiger partial charge in [-0.2, -0.15) is 0 Å². The third-order valence-corrected chi connectivity index (χ3v) is 6.59. The van der Waals surface area contributed by atoms with Gasteiger partial charge in [-0.15, -0.1) is 0 Å². The summed E-state index contributed by atoms with van der Waals surface area (Å²) in [6.07, 6.45) is 0.612. The molecule has 2 fully saturated rings. The summed E-state index contributed by atoms with van der Waals surface area (Å²) in [5.74, 6) is -1.48. The number of aliphatic hydroxyl groups is 1. The van der Waals surface area contributed by atoms with E-state index < -0.39 is 40.8 Å². The van der Waals surface area contributed by atoms with E-state index in [0.717, 1.165) is 5.57 Å². The number of esters is 2. The van der Waals surface area contributed by atoms with Crippen molar-refractivity contribution in [3.63, 3.8) is 0 Å². The molecule has 3 rings (SSSR count).